The van der Waals surface area contributed by atoms with Crippen LogP contribution in [0.15, 0.2) is 54.6 Å². The summed E-state index contributed by atoms with van der Waals surface area (Å²) in [6.45, 7) is 2.75. The lowest BCUT2D eigenvalue weighted by atomic mass is 10.0. The Morgan fingerprint density at radius 2 is 1.75 bits per heavy atom. The zero-order valence-electron chi connectivity index (χ0n) is 11.4. The van der Waals surface area contributed by atoms with Gasteiger partial charge in [0.15, 0.2) is 0 Å². The van der Waals surface area contributed by atoms with Crippen LogP contribution in [-0.4, -0.2) is 19.2 Å². The molecule has 0 aromatic heterocycles. The minimum atomic E-state index is 0. The first kappa shape index (κ1) is 15.0. The van der Waals surface area contributed by atoms with E-state index in [2.05, 4.69) is 53.8 Å². The monoisotopic (exact) mass is 289 g/mol. The molecule has 0 spiro atoms. The standard InChI is InChI=1S/C17H19NO.ClH/c1-2-6-14(7-3-1)17-9-5-4-8-15(17)13-19-16-10-11-18-12-16;/h1-9,16,18H,10-13H2;1H/t16-;/m0./s1. The Morgan fingerprint density at radius 1 is 1.00 bits per heavy atom. The van der Waals surface area contributed by atoms with E-state index < -0.39 is 0 Å². The highest BCUT2D eigenvalue weighted by molar-refractivity contribution is 5.85. The fraction of sp³-hybridized carbons (Fsp3) is 0.294. The molecule has 1 heterocycles. The van der Waals surface area contributed by atoms with Crippen molar-refractivity contribution in [2.45, 2.75) is 19.1 Å². The van der Waals surface area contributed by atoms with Crippen molar-refractivity contribution >= 4 is 12.4 Å². The highest BCUT2D eigenvalue weighted by atomic mass is 35.5. The number of hydrogen-bond acceptors (Lipinski definition) is 2. The van der Waals surface area contributed by atoms with Crippen molar-refractivity contribution in [1.82, 2.24) is 5.32 Å². The molecule has 1 saturated heterocycles. The summed E-state index contributed by atoms with van der Waals surface area (Å²) in [5.74, 6) is 0. The molecule has 1 aliphatic heterocycles. The van der Waals surface area contributed by atoms with Crippen LogP contribution < -0.4 is 5.32 Å². The molecular formula is C17H20ClNO. The topological polar surface area (TPSA) is 21.3 Å². The van der Waals surface area contributed by atoms with Crippen LogP contribution in [0.1, 0.15) is 12.0 Å². The van der Waals surface area contributed by atoms with Crippen LogP contribution in [0.4, 0.5) is 0 Å². The number of hydrogen-bond donors (Lipinski definition) is 1. The fourth-order valence-corrected chi connectivity index (χ4v) is 2.52. The second-order valence-electron chi connectivity index (χ2n) is 4.95. The average molecular weight is 290 g/mol. The maximum Gasteiger partial charge on any atom is 0.0727 e. The largest absolute Gasteiger partial charge is 0.372 e. The summed E-state index contributed by atoms with van der Waals surface area (Å²) in [6.07, 6.45) is 1.48. The lowest BCUT2D eigenvalue weighted by Crippen LogP contribution is -2.16. The van der Waals surface area contributed by atoms with Gasteiger partial charge in [0.1, 0.15) is 0 Å². The quantitative estimate of drug-likeness (QED) is 0.927. The Bertz CT molecular complexity index is 524. The highest BCUT2D eigenvalue weighted by Crippen LogP contribution is 2.24. The molecule has 0 saturated carbocycles. The van der Waals surface area contributed by atoms with Crippen molar-refractivity contribution in [2.24, 2.45) is 0 Å². The van der Waals surface area contributed by atoms with E-state index >= 15 is 0 Å². The molecule has 0 radical (unpaired) electrons. The van der Waals surface area contributed by atoms with E-state index in [4.69, 9.17) is 4.74 Å². The molecule has 0 aliphatic carbocycles. The number of halogens is 1. The summed E-state index contributed by atoms with van der Waals surface area (Å²) in [7, 11) is 0. The van der Waals surface area contributed by atoms with Gasteiger partial charge in [-0.05, 0) is 29.7 Å². The molecule has 1 fully saturated rings. The maximum absolute atomic E-state index is 5.99. The van der Waals surface area contributed by atoms with Gasteiger partial charge in [-0.15, -0.1) is 12.4 Å². The summed E-state index contributed by atoms with van der Waals surface area (Å²) in [5, 5.41) is 3.33. The third-order valence-electron chi connectivity index (χ3n) is 3.59. The Labute approximate surface area is 126 Å². The zero-order chi connectivity index (χ0) is 12.9. The van der Waals surface area contributed by atoms with E-state index in [1.807, 2.05) is 6.07 Å². The molecule has 0 amide bonds. The van der Waals surface area contributed by atoms with E-state index in [9.17, 15) is 0 Å². The van der Waals surface area contributed by atoms with Gasteiger partial charge in [-0.25, -0.2) is 0 Å². The van der Waals surface area contributed by atoms with Crippen molar-refractivity contribution < 1.29 is 4.74 Å². The Hall–Kier alpha value is -1.35. The van der Waals surface area contributed by atoms with E-state index in [1.54, 1.807) is 0 Å². The Morgan fingerprint density at radius 3 is 2.50 bits per heavy atom. The van der Waals surface area contributed by atoms with Crippen molar-refractivity contribution in [2.75, 3.05) is 13.1 Å². The Balaban J connectivity index is 0.00000147. The van der Waals surface area contributed by atoms with Crippen molar-refractivity contribution in [3.8, 4) is 11.1 Å². The lowest BCUT2D eigenvalue weighted by Gasteiger charge is -2.13. The van der Waals surface area contributed by atoms with Gasteiger partial charge in [0.2, 0.25) is 0 Å². The lowest BCUT2D eigenvalue weighted by molar-refractivity contribution is 0.0545. The summed E-state index contributed by atoms with van der Waals surface area (Å²) >= 11 is 0. The predicted molar refractivity (Wildman–Crippen MR) is 85.2 cm³/mol. The zero-order valence-corrected chi connectivity index (χ0v) is 12.2. The average Bonchev–Trinajstić information content (AvgIpc) is 3.00. The molecule has 1 N–H and O–H groups in total. The van der Waals surface area contributed by atoms with Crippen LogP contribution in [0.25, 0.3) is 11.1 Å². The SMILES string of the molecule is Cl.c1ccc(-c2ccccc2CO[C@H]2CCNC2)cc1. The normalized spacial score (nSPS) is 17.7. The summed E-state index contributed by atoms with van der Waals surface area (Å²) in [6, 6.07) is 19.0. The third kappa shape index (κ3) is 3.60. The second-order valence-corrected chi connectivity index (χ2v) is 4.95. The van der Waals surface area contributed by atoms with Gasteiger partial charge in [-0.3, -0.25) is 0 Å². The first-order valence-corrected chi connectivity index (χ1v) is 6.89. The molecule has 3 rings (SSSR count). The highest BCUT2D eigenvalue weighted by Gasteiger charge is 2.15. The van der Waals surface area contributed by atoms with E-state index in [1.165, 1.54) is 16.7 Å². The summed E-state index contributed by atoms with van der Waals surface area (Å²) < 4.78 is 5.99. The molecule has 20 heavy (non-hydrogen) atoms. The molecule has 0 bridgehead atoms. The summed E-state index contributed by atoms with van der Waals surface area (Å²) in [4.78, 5) is 0. The van der Waals surface area contributed by atoms with Crippen LogP contribution in [-0.2, 0) is 11.3 Å². The van der Waals surface area contributed by atoms with Crippen molar-refractivity contribution in [3.63, 3.8) is 0 Å². The fourth-order valence-electron chi connectivity index (χ4n) is 2.52. The van der Waals surface area contributed by atoms with Gasteiger partial charge in [0, 0.05) is 6.54 Å². The first-order chi connectivity index (χ1) is 9.43. The van der Waals surface area contributed by atoms with Crippen molar-refractivity contribution in [3.05, 3.63) is 60.2 Å². The maximum atomic E-state index is 5.99. The van der Waals surface area contributed by atoms with Crippen LogP contribution in [0.5, 0.6) is 0 Å². The second kappa shape index (κ2) is 7.44. The molecule has 3 heteroatoms. The van der Waals surface area contributed by atoms with Gasteiger partial charge in [-0.1, -0.05) is 54.6 Å². The van der Waals surface area contributed by atoms with Crippen LogP contribution in [0.2, 0.25) is 0 Å². The van der Waals surface area contributed by atoms with E-state index in [0.29, 0.717) is 12.7 Å². The van der Waals surface area contributed by atoms with E-state index in [-0.39, 0.29) is 12.4 Å². The van der Waals surface area contributed by atoms with Gasteiger partial charge >= 0.3 is 0 Å². The number of benzene rings is 2. The molecule has 1 aliphatic rings. The van der Waals surface area contributed by atoms with Crippen molar-refractivity contribution in [1.29, 1.82) is 0 Å². The molecule has 2 aromatic carbocycles. The van der Waals surface area contributed by atoms with Crippen LogP contribution in [0.3, 0.4) is 0 Å². The minimum Gasteiger partial charge on any atom is -0.372 e. The predicted octanol–water partition coefficient (Wildman–Crippen LogP) is 3.65. The van der Waals surface area contributed by atoms with Gasteiger partial charge in [-0.2, -0.15) is 0 Å². The number of rotatable bonds is 4. The molecule has 2 nitrogen and oxygen atoms in total. The molecule has 106 valence electrons. The number of ether oxygens (including phenoxy) is 1. The minimum absolute atomic E-state index is 0. The third-order valence-corrected chi connectivity index (χ3v) is 3.59. The first-order valence-electron chi connectivity index (χ1n) is 6.89. The van der Waals surface area contributed by atoms with Gasteiger partial charge in [0.05, 0.1) is 12.7 Å². The van der Waals surface area contributed by atoms with E-state index in [0.717, 1.165) is 19.5 Å². The summed E-state index contributed by atoms with van der Waals surface area (Å²) in [5.41, 5.74) is 3.79. The smallest absolute Gasteiger partial charge is 0.0727 e. The molecular weight excluding hydrogens is 270 g/mol. The molecule has 0 unspecified atom stereocenters. The van der Waals surface area contributed by atoms with Gasteiger partial charge in [0.25, 0.3) is 0 Å². The number of nitrogens with one attached hydrogen (secondary N) is 1. The van der Waals surface area contributed by atoms with Crippen LogP contribution in [0, 0.1) is 0 Å². The van der Waals surface area contributed by atoms with Crippen LogP contribution >= 0.6 is 12.4 Å². The Kier molecular flexibility index (Phi) is 5.60. The molecule has 2 aromatic rings. The molecule has 1 atom stereocenters. The van der Waals surface area contributed by atoms with Gasteiger partial charge < -0.3 is 10.1 Å².